The van der Waals surface area contributed by atoms with Crippen LogP contribution in [0.15, 0.2) is 0 Å². The number of hydrogen-bond donors (Lipinski definition) is 0. The van der Waals surface area contributed by atoms with Gasteiger partial charge in [0.2, 0.25) is 0 Å². The third kappa shape index (κ3) is 8.56. The number of hydrogen-bond acceptors (Lipinski definition) is 0. The average molecular weight is 256 g/mol. The minimum atomic E-state index is -5.35. The zero-order valence-electron chi connectivity index (χ0n) is 7.18. The second kappa shape index (κ2) is 3.77. The van der Waals surface area contributed by atoms with Crippen LogP contribution in [0.1, 0.15) is 0 Å². The van der Waals surface area contributed by atoms with Crippen molar-refractivity contribution in [3.05, 3.63) is 0 Å². The summed E-state index contributed by atoms with van der Waals surface area (Å²) in [5.41, 5.74) is -3.06. The average Bonchev–Trinajstić information content (AvgIpc) is 1.43. The molecule has 0 aliphatic heterocycles. The summed E-state index contributed by atoms with van der Waals surface area (Å²) in [6.45, 7) is 0.923. The maximum Gasteiger partial charge on any atom is 0.430 e. The molecular formula is C4H10F6Si3. The lowest BCUT2D eigenvalue weighted by molar-refractivity contribution is 0.558. The Kier molecular flexibility index (Phi) is 3.84. The highest BCUT2D eigenvalue weighted by Gasteiger charge is 2.53. The summed E-state index contributed by atoms with van der Waals surface area (Å²) < 4.78 is 74.4. The molecule has 0 nitrogen and oxygen atoms in total. The zero-order chi connectivity index (χ0) is 10.9. The molecule has 0 aromatic heterocycles. The molecule has 0 N–H and O–H groups in total. The van der Waals surface area contributed by atoms with Crippen molar-refractivity contribution in [2.45, 2.75) is 24.4 Å². The SMILES string of the molecule is C[Si](F)(F)C[Si](F)(F)C[Si](C)(F)F. The Bertz CT molecular complexity index is 152. The molecule has 9 heteroatoms. The molecule has 0 aromatic carbocycles. The molecular weight excluding hydrogens is 246 g/mol. The molecule has 0 rings (SSSR count). The topological polar surface area (TPSA) is 0 Å². The van der Waals surface area contributed by atoms with Gasteiger partial charge in [0.05, 0.1) is 11.3 Å². The molecule has 0 atom stereocenters. The van der Waals surface area contributed by atoms with Gasteiger partial charge < -0.3 is 0 Å². The Balaban J connectivity index is 4.25. The predicted octanol–water partition coefficient (Wildman–Crippen LogP) is 3.47. The van der Waals surface area contributed by atoms with Gasteiger partial charge in [-0.25, -0.2) is 0 Å². The molecule has 0 bridgehead atoms. The van der Waals surface area contributed by atoms with Crippen LogP contribution in [0.25, 0.3) is 0 Å². The molecule has 0 spiro atoms. The first kappa shape index (κ1) is 13.2. The first-order valence-corrected chi connectivity index (χ1v) is 10.6. The van der Waals surface area contributed by atoms with Crippen LogP contribution in [0.3, 0.4) is 0 Å². The second-order valence-corrected chi connectivity index (χ2v) is 12.2. The zero-order valence-corrected chi connectivity index (χ0v) is 10.2. The van der Waals surface area contributed by atoms with Gasteiger partial charge in [-0.05, 0) is 13.1 Å². The summed E-state index contributed by atoms with van der Waals surface area (Å²) in [4.78, 5) is 0. The fourth-order valence-electron chi connectivity index (χ4n) is 0.971. The maximum atomic E-state index is 12.7. The normalized spacial score (nSPS) is 14.8. The molecule has 0 saturated carbocycles. The van der Waals surface area contributed by atoms with Crippen molar-refractivity contribution in [3.8, 4) is 0 Å². The van der Waals surface area contributed by atoms with Gasteiger partial charge in [-0.2, -0.15) is 0 Å². The van der Waals surface area contributed by atoms with Crippen LogP contribution in [0, 0.1) is 0 Å². The molecule has 0 radical (unpaired) electrons. The number of halogens is 6. The monoisotopic (exact) mass is 256 g/mol. The van der Waals surface area contributed by atoms with Crippen LogP contribution in [-0.4, -0.2) is 26.2 Å². The van der Waals surface area contributed by atoms with E-state index in [9.17, 15) is 24.6 Å². The standard InChI is InChI=1S/C4H10F6Si3/c1-11(5,6)3-13(9,10)4-12(2,7)8/h3-4H2,1-2H3. The van der Waals surface area contributed by atoms with Crippen LogP contribution < -0.4 is 0 Å². The van der Waals surface area contributed by atoms with E-state index < -0.39 is 37.6 Å². The van der Waals surface area contributed by atoms with E-state index in [0.29, 0.717) is 13.1 Å². The highest BCUT2D eigenvalue weighted by atomic mass is 28.5. The van der Waals surface area contributed by atoms with Crippen LogP contribution >= 0.6 is 0 Å². The predicted molar refractivity (Wildman–Crippen MR) is 45.3 cm³/mol. The molecule has 0 aromatic rings. The van der Waals surface area contributed by atoms with Crippen LogP contribution in [0.4, 0.5) is 24.6 Å². The highest BCUT2D eigenvalue weighted by Crippen LogP contribution is 2.32. The van der Waals surface area contributed by atoms with E-state index in [1.807, 2.05) is 0 Å². The van der Waals surface area contributed by atoms with Crippen molar-refractivity contribution in [2.24, 2.45) is 0 Å². The van der Waals surface area contributed by atoms with E-state index in [0.717, 1.165) is 0 Å². The molecule has 0 saturated heterocycles. The van der Waals surface area contributed by atoms with Crippen molar-refractivity contribution in [1.29, 1.82) is 0 Å². The lowest BCUT2D eigenvalue weighted by atomic mass is 11.8. The van der Waals surface area contributed by atoms with Crippen LogP contribution in [0.5, 0.6) is 0 Å². The molecule has 0 heterocycles. The Hall–Kier alpha value is 0.231. The number of rotatable bonds is 4. The Morgan fingerprint density at radius 2 is 0.923 bits per heavy atom. The third-order valence-electron chi connectivity index (χ3n) is 1.14. The van der Waals surface area contributed by atoms with Gasteiger partial charge in [-0.3, -0.25) is 24.6 Å². The summed E-state index contributed by atoms with van der Waals surface area (Å²) in [5.74, 6) is 0. The summed E-state index contributed by atoms with van der Waals surface area (Å²) in [6.07, 6.45) is 0. The smallest absolute Gasteiger partial charge is 0.271 e. The third-order valence-corrected chi connectivity index (χ3v) is 10.2. The fourth-order valence-corrected chi connectivity index (χ4v) is 9.86. The maximum absolute atomic E-state index is 12.7. The summed E-state index contributed by atoms with van der Waals surface area (Å²) in [7, 11) is -15.1. The quantitative estimate of drug-likeness (QED) is 0.410. The minimum absolute atomic E-state index is 0.462. The van der Waals surface area contributed by atoms with E-state index in [4.69, 9.17) is 0 Å². The molecule has 0 amide bonds. The lowest BCUT2D eigenvalue weighted by Crippen LogP contribution is -2.40. The molecule has 0 unspecified atom stereocenters. The fraction of sp³-hybridized carbons (Fsp3) is 1.00. The first-order chi connectivity index (χ1) is 5.41. The molecule has 13 heavy (non-hydrogen) atoms. The molecule has 0 fully saturated rings. The molecule has 0 aliphatic carbocycles. The second-order valence-electron chi connectivity index (χ2n) is 3.35. The van der Waals surface area contributed by atoms with Gasteiger partial charge >= 0.3 is 26.2 Å². The van der Waals surface area contributed by atoms with Crippen molar-refractivity contribution in [3.63, 3.8) is 0 Å². The van der Waals surface area contributed by atoms with Crippen molar-refractivity contribution in [2.75, 3.05) is 0 Å². The minimum Gasteiger partial charge on any atom is -0.271 e. The summed E-state index contributed by atoms with van der Waals surface area (Å²) in [5, 5.41) is 0. The molecule has 0 aliphatic rings. The molecule has 80 valence electrons. The van der Waals surface area contributed by atoms with E-state index in [-0.39, 0.29) is 0 Å². The van der Waals surface area contributed by atoms with Gasteiger partial charge in [-0.15, -0.1) is 0 Å². The Labute approximate surface area is 76.0 Å². The first-order valence-electron chi connectivity index (χ1n) is 3.55. The summed E-state index contributed by atoms with van der Waals surface area (Å²) in [6, 6.07) is 0. The van der Waals surface area contributed by atoms with Gasteiger partial charge in [-0.1, -0.05) is 0 Å². The highest BCUT2D eigenvalue weighted by molar-refractivity contribution is 6.91. The van der Waals surface area contributed by atoms with E-state index in [2.05, 4.69) is 0 Å². The van der Waals surface area contributed by atoms with Gasteiger partial charge in [0.15, 0.2) is 0 Å². The van der Waals surface area contributed by atoms with Crippen LogP contribution in [-0.2, 0) is 0 Å². The lowest BCUT2D eigenvalue weighted by Gasteiger charge is -2.17. The largest absolute Gasteiger partial charge is 0.430 e. The van der Waals surface area contributed by atoms with Gasteiger partial charge in [0, 0.05) is 0 Å². The van der Waals surface area contributed by atoms with Crippen LogP contribution in [0.2, 0.25) is 24.4 Å². The Morgan fingerprint density at radius 3 is 1.08 bits per heavy atom. The van der Waals surface area contributed by atoms with Gasteiger partial charge in [0.1, 0.15) is 0 Å². The van der Waals surface area contributed by atoms with E-state index in [1.165, 1.54) is 0 Å². The summed E-state index contributed by atoms with van der Waals surface area (Å²) >= 11 is 0. The van der Waals surface area contributed by atoms with E-state index >= 15 is 0 Å². The van der Waals surface area contributed by atoms with Gasteiger partial charge in [0.25, 0.3) is 0 Å². The van der Waals surface area contributed by atoms with Crippen molar-refractivity contribution >= 4 is 26.2 Å². The van der Waals surface area contributed by atoms with Crippen molar-refractivity contribution < 1.29 is 24.6 Å². The van der Waals surface area contributed by atoms with Crippen molar-refractivity contribution in [1.82, 2.24) is 0 Å². The van der Waals surface area contributed by atoms with E-state index in [1.54, 1.807) is 0 Å². The Morgan fingerprint density at radius 1 is 0.692 bits per heavy atom.